The van der Waals surface area contributed by atoms with Crippen molar-refractivity contribution in [3.63, 3.8) is 0 Å². The van der Waals surface area contributed by atoms with E-state index in [2.05, 4.69) is 10.6 Å². The summed E-state index contributed by atoms with van der Waals surface area (Å²) in [5.74, 6) is -0.451. The molecule has 4 N–H and O–H groups in total. The lowest BCUT2D eigenvalue weighted by Gasteiger charge is -2.19. The summed E-state index contributed by atoms with van der Waals surface area (Å²) in [6, 6.07) is 6.28. The summed E-state index contributed by atoms with van der Waals surface area (Å²) in [6.07, 6.45) is 0.445. The van der Waals surface area contributed by atoms with Crippen molar-refractivity contribution in [3.05, 3.63) is 29.8 Å². The van der Waals surface area contributed by atoms with Crippen LogP contribution in [0.15, 0.2) is 24.3 Å². The summed E-state index contributed by atoms with van der Waals surface area (Å²) < 4.78 is 0. The Labute approximate surface area is 128 Å². The standard InChI is InChI=1S/C15H18N4O3/c1-16-7-13(20)17-9-6-12-14(21)18-11-5-3-2-4-10(11)15(22)19(12)8-9/h2-5,9,12,16H,6-8H2,1H3,(H,17,20)(H,18,21)/p+1/t9-,12-/m0/s1. The van der Waals surface area contributed by atoms with Crippen molar-refractivity contribution < 1.29 is 19.7 Å². The second-order valence-electron chi connectivity index (χ2n) is 5.62. The van der Waals surface area contributed by atoms with Crippen molar-refractivity contribution in [1.29, 1.82) is 0 Å². The van der Waals surface area contributed by atoms with Crippen molar-refractivity contribution in [1.82, 2.24) is 10.2 Å². The Hall–Kier alpha value is -2.41. The monoisotopic (exact) mass is 303 g/mol. The van der Waals surface area contributed by atoms with E-state index in [-0.39, 0.29) is 23.8 Å². The number of hydrogen-bond donors (Lipinski definition) is 3. The molecule has 3 rings (SSSR count). The molecule has 0 radical (unpaired) electrons. The van der Waals surface area contributed by atoms with Gasteiger partial charge in [-0.05, 0) is 18.6 Å². The van der Waals surface area contributed by atoms with Crippen molar-refractivity contribution in [2.45, 2.75) is 18.5 Å². The van der Waals surface area contributed by atoms with Crippen LogP contribution in [-0.2, 0) is 9.59 Å². The van der Waals surface area contributed by atoms with Gasteiger partial charge in [-0.15, -0.1) is 0 Å². The Balaban J connectivity index is 1.80. The van der Waals surface area contributed by atoms with Crippen molar-refractivity contribution >= 4 is 23.4 Å². The van der Waals surface area contributed by atoms with E-state index in [0.717, 1.165) is 0 Å². The maximum absolute atomic E-state index is 12.6. The van der Waals surface area contributed by atoms with Crippen LogP contribution in [0.3, 0.4) is 0 Å². The quantitative estimate of drug-likeness (QED) is 0.636. The molecule has 7 heteroatoms. The van der Waals surface area contributed by atoms with Crippen LogP contribution in [0.1, 0.15) is 16.8 Å². The molecule has 2 atom stereocenters. The summed E-state index contributed by atoms with van der Waals surface area (Å²) >= 11 is 0. The van der Waals surface area contributed by atoms with Gasteiger partial charge in [-0.25, -0.2) is 0 Å². The second kappa shape index (κ2) is 5.76. The first-order valence-electron chi connectivity index (χ1n) is 7.38. The lowest BCUT2D eigenvalue weighted by atomic mass is 10.1. The zero-order chi connectivity index (χ0) is 15.7. The van der Waals surface area contributed by atoms with Gasteiger partial charge in [-0.2, -0.15) is 0 Å². The Morgan fingerprint density at radius 2 is 2.18 bits per heavy atom. The van der Waals surface area contributed by atoms with Crippen LogP contribution in [0.2, 0.25) is 0 Å². The number of benzene rings is 1. The first-order chi connectivity index (χ1) is 10.6. The number of carbonyl (C=O) groups is 3. The molecule has 2 aliphatic heterocycles. The number of nitrogens with two attached hydrogens (primary N) is 1. The summed E-state index contributed by atoms with van der Waals surface area (Å²) in [5.41, 5.74) is 1.04. The molecule has 1 aromatic carbocycles. The Kier molecular flexibility index (Phi) is 3.81. The molecule has 1 fully saturated rings. The zero-order valence-electron chi connectivity index (χ0n) is 12.3. The summed E-state index contributed by atoms with van der Waals surface area (Å²) in [4.78, 5) is 38.2. The number of quaternary nitrogens is 1. The van der Waals surface area contributed by atoms with E-state index in [1.165, 1.54) is 0 Å². The minimum Gasteiger partial charge on any atom is -0.347 e. The molecule has 0 aromatic heterocycles. The van der Waals surface area contributed by atoms with Gasteiger partial charge in [0.2, 0.25) is 5.91 Å². The van der Waals surface area contributed by atoms with Gasteiger partial charge in [-0.1, -0.05) is 12.1 Å². The third-order valence-electron chi connectivity index (χ3n) is 4.03. The van der Waals surface area contributed by atoms with Gasteiger partial charge in [0.05, 0.1) is 18.3 Å². The van der Waals surface area contributed by atoms with E-state index in [9.17, 15) is 14.4 Å². The highest BCUT2D eigenvalue weighted by Gasteiger charge is 2.43. The molecular formula is C15H19N4O3+. The Bertz CT molecular complexity index is 631. The lowest BCUT2D eigenvalue weighted by Crippen LogP contribution is -2.82. The Morgan fingerprint density at radius 3 is 2.95 bits per heavy atom. The van der Waals surface area contributed by atoms with Crippen LogP contribution in [0.5, 0.6) is 0 Å². The molecule has 0 saturated carbocycles. The molecule has 0 unspecified atom stereocenters. The van der Waals surface area contributed by atoms with Gasteiger partial charge in [-0.3, -0.25) is 14.4 Å². The Morgan fingerprint density at radius 1 is 1.41 bits per heavy atom. The van der Waals surface area contributed by atoms with E-state index >= 15 is 0 Å². The normalized spacial score (nSPS) is 23.4. The van der Waals surface area contributed by atoms with Crippen molar-refractivity contribution in [2.75, 3.05) is 25.5 Å². The second-order valence-corrected chi connectivity index (χ2v) is 5.62. The van der Waals surface area contributed by atoms with E-state index < -0.39 is 6.04 Å². The molecule has 2 aliphatic rings. The number of anilines is 1. The van der Waals surface area contributed by atoms with E-state index in [1.807, 2.05) is 7.05 Å². The number of rotatable bonds is 3. The average Bonchev–Trinajstić information content (AvgIpc) is 2.87. The number of likely N-dealkylation sites (N-methyl/N-ethyl adjacent to an activating group) is 1. The molecule has 22 heavy (non-hydrogen) atoms. The molecule has 2 heterocycles. The number of hydrogen-bond acceptors (Lipinski definition) is 3. The van der Waals surface area contributed by atoms with E-state index in [4.69, 9.17) is 0 Å². The van der Waals surface area contributed by atoms with Gasteiger partial charge in [0.1, 0.15) is 6.04 Å². The molecule has 0 aliphatic carbocycles. The van der Waals surface area contributed by atoms with Crippen LogP contribution in [0, 0.1) is 0 Å². The van der Waals surface area contributed by atoms with Gasteiger partial charge in [0.25, 0.3) is 11.8 Å². The molecule has 0 spiro atoms. The summed E-state index contributed by atoms with van der Waals surface area (Å²) in [5, 5.41) is 7.46. The first kappa shape index (κ1) is 14.5. The van der Waals surface area contributed by atoms with Crippen LogP contribution < -0.4 is 16.0 Å². The number of carbonyl (C=O) groups excluding carboxylic acids is 3. The maximum atomic E-state index is 12.6. The molecule has 116 valence electrons. The molecule has 1 saturated heterocycles. The minimum atomic E-state index is -0.532. The first-order valence-corrected chi connectivity index (χ1v) is 7.38. The van der Waals surface area contributed by atoms with Gasteiger partial charge >= 0.3 is 0 Å². The summed E-state index contributed by atoms with van der Waals surface area (Å²) in [7, 11) is 1.82. The SMILES string of the molecule is C[NH2+]CC(=O)N[C@H]1C[C@H]2C(=O)Nc3ccccc3C(=O)N2C1. The average molecular weight is 303 g/mol. The molecule has 7 nitrogen and oxygen atoms in total. The van der Waals surface area contributed by atoms with Crippen LogP contribution in [-0.4, -0.2) is 54.8 Å². The van der Waals surface area contributed by atoms with E-state index in [0.29, 0.717) is 30.8 Å². The van der Waals surface area contributed by atoms with Gasteiger partial charge in [0, 0.05) is 12.6 Å². The van der Waals surface area contributed by atoms with Crippen LogP contribution in [0.25, 0.3) is 0 Å². The third-order valence-corrected chi connectivity index (χ3v) is 4.03. The number of amides is 3. The van der Waals surface area contributed by atoms with Gasteiger partial charge in [0.15, 0.2) is 6.54 Å². The van der Waals surface area contributed by atoms with Gasteiger partial charge < -0.3 is 20.9 Å². The number of nitrogens with one attached hydrogen (secondary N) is 2. The number of fused-ring (bicyclic) bond motifs is 2. The molecule has 3 amide bonds. The molecule has 1 aromatic rings. The smallest absolute Gasteiger partial charge is 0.275 e. The van der Waals surface area contributed by atoms with Crippen molar-refractivity contribution in [3.8, 4) is 0 Å². The highest BCUT2D eigenvalue weighted by Crippen LogP contribution is 2.28. The number of nitrogens with zero attached hydrogens (tertiary/aromatic N) is 1. The molecular weight excluding hydrogens is 284 g/mol. The lowest BCUT2D eigenvalue weighted by molar-refractivity contribution is -0.615. The predicted molar refractivity (Wildman–Crippen MR) is 79.2 cm³/mol. The molecule has 0 bridgehead atoms. The highest BCUT2D eigenvalue weighted by atomic mass is 16.2. The summed E-state index contributed by atoms with van der Waals surface area (Å²) in [6.45, 7) is 0.699. The predicted octanol–water partition coefficient (Wildman–Crippen LogP) is -1.47. The zero-order valence-corrected chi connectivity index (χ0v) is 12.3. The van der Waals surface area contributed by atoms with Crippen molar-refractivity contribution in [2.24, 2.45) is 0 Å². The maximum Gasteiger partial charge on any atom is 0.275 e. The van der Waals surface area contributed by atoms with Crippen LogP contribution in [0.4, 0.5) is 5.69 Å². The fraction of sp³-hybridized carbons (Fsp3) is 0.400. The largest absolute Gasteiger partial charge is 0.347 e. The third kappa shape index (κ3) is 2.55. The minimum absolute atomic E-state index is 0.0848. The van der Waals surface area contributed by atoms with E-state index in [1.54, 1.807) is 34.5 Å². The van der Waals surface area contributed by atoms with Crippen LogP contribution >= 0.6 is 0 Å². The fourth-order valence-corrected chi connectivity index (χ4v) is 3.03. The number of para-hydroxylation sites is 1. The fourth-order valence-electron chi connectivity index (χ4n) is 3.03. The highest BCUT2D eigenvalue weighted by molar-refractivity contribution is 6.10. The topological polar surface area (TPSA) is 95.1 Å².